The third kappa shape index (κ3) is 4.12. The second kappa shape index (κ2) is 7.77. The minimum absolute atomic E-state index is 0.198. The molecule has 0 aliphatic heterocycles. The fourth-order valence-corrected chi connectivity index (χ4v) is 3.20. The van der Waals surface area contributed by atoms with Crippen LogP contribution in [-0.4, -0.2) is 26.0 Å². The number of nitrogens with one attached hydrogen (secondary N) is 2. The minimum atomic E-state index is -0.358. The highest BCUT2D eigenvalue weighted by Crippen LogP contribution is 2.30. The molecule has 0 saturated heterocycles. The van der Waals surface area contributed by atoms with Crippen molar-refractivity contribution < 1.29 is 9.90 Å². The van der Waals surface area contributed by atoms with E-state index in [-0.39, 0.29) is 11.8 Å². The molecule has 0 aliphatic carbocycles. The first-order valence-corrected chi connectivity index (χ1v) is 9.27. The summed E-state index contributed by atoms with van der Waals surface area (Å²) < 4.78 is 0. The van der Waals surface area contributed by atoms with Crippen molar-refractivity contribution in [2.45, 2.75) is 6.92 Å². The quantitative estimate of drug-likeness (QED) is 0.443. The Kier molecular flexibility index (Phi) is 5.01. The van der Waals surface area contributed by atoms with Gasteiger partial charge < -0.3 is 15.4 Å². The average Bonchev–Trinajstić information content (AvgIpc) is 3.19. The molecule has 3 N–H and O–H groups in total. The monoisotopic (exact) mass is 404 g/mol. The van der Waals surface area contributed by atoms with Crippen LogP contribution in [0.3, 0.4) is 0 Å². The molecule has 0 atom stereocenters. The number of aromatic nitrogens is 3. The standard InChI is InChI=1S/C22H17ClN4O2/c1-13-9-15(10-20(28)25-13)22(29)26-16-7-8-18(23)17(11-16)21-24-12-19(27-21)14-5-3-2-4-6-14/h2-12H,1H3,(H,24,27)(H,25,28)(H,26,29). The van der Waals surface area contributed by atoms with Crippen LogP contribution in [0.2, 0.25) is 5.02 Å². The van der Waals surface area contributed by atoms with E-state index in [1.807, 2.05) is 30.3 Å². The Morgan fingerprint density at radius 2 is 1.90 bits per heavy atom. The lowest BCUT2D eigenvalue weighted by Gasteiger charge is -2.09. The molecule has 0 fully saturated rings. The van der Waals surface area contributed by atoms with Crippen molar-refractivity contribution in [1.29, 1.82) is 0 Å². The van der Waals surface area contributed by atoms with Gasteiger partial charge in [0.05, 0.1) is 16.9 Å². The zero-order valence-corrected chi connectivity index (χ0v) is 16.2. The summed E-state index contributed by atoms with van der Waals surface area (Å²) in [5.74, 6) is 0.0433. The van der Waals surface area contributed by atoms with Gasteiger partial charge in [0, 0.05) is 28.6 Å². The maximum Gasteiger partial charge on any atom is 0.255 e. The molecular formula is C22H17ClN4O2. The number of hydrogen-bond acceptors (Lipinski definition) is 4. The summed E-state index contributed by atoms with van der Waals surface area (Å²) in [7, 11) is 0. The first-order valence-electron chi connectivity index (χ1n) is 8.89. The summed E-state index contributed by atoms with van der Waals surface area (Å²) in [6.07, 6.45) is 1.74. The van der Waals surface area contributed by atoms with Gasteiger partial charge in [-0.2, -0.15) is 0 Å². The molecule has 144 valence electrons. The van der Waals surface area contributed by atoms with Crippen molar-refractivity contribution in [3.05, 3.63) is 83.1 Å². The second-order valence-electron chi connectivity index (χ2n) is 6.52. The summed E-state index contributed by atoms with van der Waals surface area (Å²) in [6, 6.07) is 17.9. The zero-order chi connectivity index (χ0) is 20.4. The van der Waals surface area contributed by atoms with E-state index in [4.69, 9.17) is 11.6 Å². The highest BCUT2D eigenvalue weighted by Gasteiger charge is 2.13. The number of amides is 1. The molecule has 4 rings (SSSR count). The van der Waals surface area contributed by atoms with Crippen molar-refractivity contribution in [3.8, 4) is 28.5 Å². The molecule has 2 aromatic heterocycles. The lowest BCUT2D eigenvalue weighted by molar-refractivity contribution is 0.102. The summed E-state index contributed by atoms with van der Waals surface area (Å²) in [4.78, 5) is 24.1. The van der Waals surface area contributed by atoms with Crippen LogP contribution in [0.5, 0.6) is 5.88 Å². The van der Waals surface area contributed by atoms with Crippen molar-refractivity contribution in [1.82, 2.24) is 15.0 Å². The SMILES string of the molecule is Cc1cc(C(=O)Nc2ccc(Cl)c(-c3ncc(-c4ccccc4)[nH]3)c2)cc(O)n1. The van der Waals surface area contributed by atoms with Crippen LogP contribution >= 0.6 is 11.6 Å². The van der Waals surface area contributed by atoms with Crippen molar-refractivity contribution in [2.75, 3.05) is 5.32 Å². The number of hydrogen-bond donors (Lipinski definition) is 3. The topological polar surface area (TPSA) is 90.9 Å². The Morgan fingerprint density at radius 3 is 2.66 bits per heavy atom. The number of H-pyrrole nitrogens is 1. The molecule has 0 unspecified atom stereocenters. The van der Waals surface area contributed by atoms with Gasteiger partial charge in [-0.25, -0.2) is 9.97 Å². The molecule has 0 saturated carbocycles. The van der Waals surface area contributed by atoms with Gasteiger partial charge >= 0.3 is 0 Å². The van der Waals surface area contributed by atoms with E-state index in [0.29, 0.717) is 33.4 Å². The second-order valence-corrected chi connectivity index (χ2v) is 6.92. The van der Waals surface area contributed by atoms with Crippen molar-refractivity contribution >= 4 is 23.2 Å². The first kappa shape index (κ1) is 18.7. The van der Waals surface area contributed by atoms with Gasteiger partial charge in [0.2, 0.25) is 5.88 Å². The van der Waals surface area contributed by atoms with Gasteiger partial charge in [-0.1, -0.05) is 41.9 Å². The van der Waals surface area contributed by atoms with Crippen LogP contribution in [-0.2, 0) is 0 Å². The van der Waals surface area contributed by atoms with Crippen LogP contribution < -0.4 is 5.32 Å². The summed E-state index contributed by atoms with van der Waals surface area (Å²) >= 11 is 6.37. The van der Waals surface area contributed by atoms with Gasteiger partial charge in [0.15, 0.2) is 0 Å². The number of benzene rings is 2. The molecule has 7 heteroatoms. The molecule has 4 aromatic rings. The number of aryl methyl sites for hydroxylation is 1. The number of carbonyl (C=O) groups is 1. The van der Waals surface area contributed by atoms with E-state index in [9.17, 15) is 9.90 Å². The molecule has 0 spiro atoms. The van der Waals surface area contributed by atoms with E-state index in [2.05, 4.69) is 20.3 Å². The molecule has 29 heavy (non-hydrogen) atoms. The molecule has 2 heterocycles. The molecule has 2 aromatic carbocycles. The highest BCUT2D eigenvalue weighted by atomic mass is 35.5. The van der Waals surface area contributed by atoms with Crippen LogP contribution in [0.25, 0.3) is 22.6 Å². The Hall–Kier alpha value is -3.64. The van der Waals surface area contributed by atoms with Crippen LogP contribution in [0.4, 0.5) is 5.69 Å². The van der Waals surface area contributed by atoms with Gasteiger partial charge in [0.25, 0.3) is 5.91 Å². The number of halogens is 1. The third-order valence-electron chi connectivity index (χ3n) is 4.34. The zero-order valence-electron chi connectivity index (χ0n) is 15.5. The third-order valence-corrected chi connectivity index (χ3v) is 4.67. The number of imidazole rings is 1. The van der Waals surface area contributed by atoms with Gasteiger partial charge in [0.1, 0.15) is 5.82 Å². The summed E-state index contributed by atoms with van der Waals surface area (Å²) in [5, 5.41) is 12.9. The van der Waals surface area contributed by atoms with E-state index in [1.54, 1.807) is 37.4 Å². The van der Waals surface area contributed by atoms with E-state index >= 15 is 0 Å². The van der Waals surface area contributed by atoms with Gasteiger partial charge in [-0.15, -0.1) is 0 Å². The van der Waals surface area contributed by atoms with E-state index in [1.165, 1.54) is 6.07 Å². The predicted molar refractivity (Wildman–Crippen MR) is 113 cm³/mol. The Bertz CT molecular complexity index is 1170. The fourth-order valence-electron chi connectivity index (χ4n) is 2.99. The molecule has 0 bridgehead atoms. The highest BCUT2D eigenvalue weighted by molar-refractivity contribution is 6.33. The number of pyridine rings is 1. The summed E-state index contributed by atoms with van der Waals surface area (Å²) in [5.41, 5.74) is 3.97. The smallest absolute Gasteiger partial charge is 0.255 e. The maximum atomic E-state index is 12.5. The number of carbonyl (C=O) groups excluding carboxylic acids is 1. The van der Waals surface area contributed by atoms with Gasteiger partial charge in [-0.05, 0) is 36.8 Å². The number of aromatic hydroxyl groups is 1. The fraction of sp³-hybridized carbons (Fsp3) is 0.0455. The largest absolute Gasteiger partial charge is 0.493 e. The van der Waals surface area contributed by atoms with Crippen LogP contribution in [0.1, 0.15) is 16.1 Å². The Balaban J connectivity index is 1.61. The average molecular weight is 405 g/mol. The molecule has 0 radical (unpaired) electrons. The van der Waals surface area contributed by atoms with Gasteiger partial charge in [-0.3, -0.25) is 4.79 Å². The lowest BCUT2D eigenvalue weighted by Crippen LogP contribution is -2.12. The van der Waals surface area contributed by atoms with Crippen molar-refractivity contribution in [2.24, 2.45) is 0 Å². The van der Waals surface area contributed by atoms with Crippen molar-refractivity contribution in [3.63, 3.8) is 0 Å². The molecular weight excluding hydrogens is 388 g/mol. The number of rotatable bonds is 4. The predicted octanol–water partition coefficient (Wildman–Crippen LogP) is 5.06. The Labute approximate surface area is 172 Å². The number of aromatic amines is 1. The Morgan fingerprint density at radius 1 is 1.10 bits per heavy atom. The van der Waals surface area contributed by atoms with Crippen LogP contribution in [0.15, 0.2) is 66.9 Å². The molecule has 6 nitrogen and oxygen atoms in total. The summed E-state index contributed by atoms with van der Waals surface area (Å²) in [6.45, 7) is 1.71. The van der Waals surface area contributed by atoms with Crippen LogP contribution in [0, 0.1) is 6.92 Å². The van der Waals surface area contributed by atoms with E-state index < -0.39 is 0 Å². The maximum absolute atomic E-state index is 12.5. The minimum Gasteiger partial charge on any atom is -0.493 e. The number of anilines is 1. The normalized spacial score (nSPS) is 10.7. The first-order chi connectivity index (χ1) is 14.0. The van der Waals surface area contributed by atoms with E-state index in [0.717, 1.165) is 11.3 Å². The molecule has 1 amide bonds. The lowest BCUT2D eigenvalue weighted by atomic mass is 10.1. The molecule has 0 aliphatic rings. The number of nitrogens with zero attached hydrogens (tertiary/aromatic N) is 2.